The highest BCUT2D eigenvalue weighted by Crippen LogP contribution is 2.67. The number of hydrogen-bond donors (Lipinski definition) is 5. The van der Waals surface area contributed by atoms with Crippen molar-refractivity contribution in [2.24, 2.45) is 0 Å². The average molecular weight is 512 g/mol. The number of ether oxygens (including phenoxy) is 1. The van der Waals surface area contributed by atoms with E-state index in [0.29, 0.717) is 6.42 Å². The lowest BCUT2D eigenvalue weighted by Crippen LogP contribution is -2.33. The molecule has 29 heavy (non-hydrogen) atoms. The van der Waals surface area contributed by atoms with Crippen LogP contribution in [0.1, 0.15) is 31.6 Å². The van der Waals surface area contributed by atoms with Crippen molar-refractivity contribution < 1.29 is 42.0 Å². The van der Waals surface area contributed by atoms with E-state index in [1.165, 1.54) is 13.1 Å². The smallest absolute Gasteiger partial charge is 0.352 e. The molecule has 1 saturated heterocycles. The Bertz CT molecular complexity index is 1020. The van der Waals surface area contributed by atoms with Crippen LogP contribution in [-0.2, 0) is 46.1 Å². The van der Waals surface area contributed by atoms with Crippen LogP contribution in [0.4, 0.5) is 0 Å². The van der Waals surface area contributed by atoms with Gasteiger partial charge in [-0.1, -0.05) is 6.92 Å². The van der Waals surface area contributed by atoms with Gasteiger partial charge in [-0.2, -0.15) is 0 Å². The number of aromatic nitrogens is 2. The Morgan fingerprint density at radius 3 is 2.41 bits per heavy atom. The van der Waals surface area contributed by atoms with Crippen molar-refractivity contribution in [3.8, 4) is 0 Å². The van der Waals surface area contributed by atoms with Crippen LogP contribution in [0.2, 0.25) is 0 Å². The van der Waals surface area contributed by atoms with Crippen LogP contribution in [-0.4, -0.2) is 41.3 Å². The van der Waals surface area contributed by atoms with Crippen molar-refractivity contribution in [1.29, 1.82) is 0 Å². The fraction of sp³-hybridized carbons (Fsp3) is 0.636. The Hall–Kier alpha value is -0.110. The number of hydrogen-bond acceptors (Lipinski definition) is 9. The quantitative estimate of drug-likeness (QED) is 0.303. The normalized spacial score (nSPS) is 26.8. The van der Waals surface area contributed by atoms with Crippen molar-refractivity contribution in [3.63, 3.8) is 0 Å². The lowest BCUT2D eigenvalue weighted by atomic mass is 10.1. The molecule has 1 aliphatic heterocycles. The van der Waals surface area contributed by atoms with Crippen LogP contribution in [0.3, 0.4) is 0 Å². The molecule has 0 amide bonds. The van der Waals surface area contributed by atoms with E-state index in [1.807, 2.05) is 0 Å². The predicted molar refractivity (Wildman–Crippen MR) is 107 cm³/mol. The third-order valence-corrected chi connectivity index (χ3v) is 9.65. The molecule has 18 heteroatoms. The number of aromatic amines is 1. The van der Waals surface area contributed by atoms with Crippen molar-refractivity contribution in [2.45, 2.75) is 45.1 Å². The van der Waals surface area contributed by atoms with Crippen LogP contribution in [0, 0.1) is 6.92 Å². The first-order valence-corrected chi connectivity index (χ1v) is 14.6. The minimum absolute atomic E-state index is 0.0137. The minimum atomic E-state index is -5.21. The van der Waals surface area contributed by atoms with E-state index in [4.69, 9.17) is 30.9 Å². The maximum absolute atomic E-state index is 12.1. The molecule has 1 aromatic rings. The lowest BCUT2D eigenvalue weighted by Gasteiger charge is -2.25. The summed E-state index contributed by atoms with van der Waals surface area (Å²) in [5.74, 6) is 0. The zero-order valence-electron chi connectivity index (χ0n) is 15.0. The highest BCUT2D eigenvalue weighted by molar-refractivity contribution is 8.15. The van der Waals surface area contributed by atoms with Crippen molar-refractivity contribution in [2.75, 3.05) is 0 Å². The topological polar surface area (TPSA) is 190 Å². The van der Waals surface area contributed by atoms with E-state index in [-0.39, 0.29) is 12.0 Å². The second-order valence-electron chi connectivity index (χ2n) is 5.99. The van der Waals surface area contributed by atoms with E-state index < -0.39 is 50.9 Å². The summed E-state index contributed by atoms with van der Waals surface area (Å²) in [4.78, 5) is 63.1. The Morgan fingerprint density at radius 2 is 1.86 bits per heavy atom. The van der Waals surface area contributed by atoms with Gasteiger partial charge in [0, 0.05) is 18.2 Å². The van der Waals surface area contributed by atoms with Gasteiger partial charge in [-0.25, -0.2) is 18.0 Å². The molecule has 0 aromatic carbocycles. The van der Waals surface area contributed by atoms with Crippen LogP contribution in [0.15, 0.2) is 15.8 Å². The molecule has 166 valence electrons. The van der Waals surface area contributed by atoms with Gasteiger partial charge in [-0.3, -0.25) is 14.3 Å². The van der Waals surface area contributed by atoms with Gasteiger partial charge in [0.2, 0.25) is 0 Å². The van der Waals surface area contributed by atoms with E-state index in [9.17, 15) is 23.9 Å². The van der Waals surface area contributed by atoms with Gasteiger partial charge in [0.25, 0.3) is 5.56 Å². The average Bonchev–Trinajstić information content (AvgIpc) is 2.88. The molecule has 0 aliphatic carbocycles. The van der Waals surface area contributed by atoms with E-state index in [1.54, 1.807) is 6.92 Å². The first-order valence-electron chi connectivity index (χ1n) is 7.92. The van der Waals surface area contributed by atoms with E-state index in [0.717, 1.165) is 4.57 Å². The standard InChI is InChI=1S/C11H19N2O11P3S2/c1-3-7-8(22-26(19,28)24-27(20,29)23-25(16,17)18)4-9(21-7)13-5-6(2)10(14)12-11(13)15/h5,7-9H,3-4H2,1-2H3,(H,19,28)(H,20,29)(H,12,14,15)(H2,16,17,18)/t7-,8+,9-,26?,27?/m1/s1. The predicted octanol–water partition coefficient (Wildman–Crippen LogP) is 0.487. The summed E-state index contributed by atoms with van der Waals surface area (Å²) in [5, 5.41) is 0. The molecule has 2 rings (SSSR count). The Balaban J connectivity index is 2.18. The Morgan fingerprint density at radius 1 is 1.24 bits per heavy atom. The molecule has 13 nitrogen and oxygen atoms in total. The monoisotopic (exact) mass is 512 g/mol. The zero-order valence-corrected chi connectivity index (χ0v) is 19.3. The van der Waals surface area contributed by atoms with Gasteiger partial charge in [0.15, 0.2) is 0 Å². The third-order valence-electron chi connectivity index (χ3n) is 3.72. The first-order chi connectivity index (χ1) is 13.1. The number of phosphoric acid groups is 1. The fourth-order valence-corrected chi connectivity index (χ4v) is 8.96. The van der Waals surface area contributed by atoms with Gasteiger partial charge in [-0.05, 0) is 37.0 Å². The van der Waals surface area contributed by atoms with Crippen molar-refractivity contribution in [3.05, 3.63) is 32.6 Å². The van der Waals surface area contributed by atoms with Gasteiger partial charge in [-0.15, -0.1) is 0 Å². The molecule has 2 unspecified atom stereocenters. The van der Waals surface area contributed by atoms with Gasteiger partial charge in [0.1, 0.15) is 6.23 Å². The summed E-state index contributed by atoms with van der Waals surface area (Å²) in [5.41, 5.74) is -0.972. The molecule has 5 atom stereocenters. The number of aryl methyl sites for hydroxylation is 1. The molecule has 2 heterocycles. The summed E-state index contributed by atoms with van der Waals surface area (Å²) in [6, 6.07) is 0. The minimum Gasteiger partial charge on any atom is -0.352 e. The van der Waals surface area contributed by atoms with Crippen LogP contribution >= 0.6 is 21.3 Å². The second-order valence-corrected chi connectivity index (χ2v) is 13.1. The summed E-state index contributed by atoms with van der Waals surface area (Å²) in [6.45, 7) is -5.68. The zero-order chi connectivity index (χ0) is 22.2. The number of nitrogens with zero attached hydrogens (tertiary/aromatic N) is 1. The number of H-pyrrole nitrogens is 1. The molecule has 1 aromatic heterocycles. The molecule has 1 fully saturated rings. The SMILES string of the molecule is CC[C@H]1O[C@@H](n2cc(C)c(=O)[nH]c2=O)C[C@@H]1OP(O)(=S)OP(O)(=S)OP(=O)(O)O. The maximum Gasteiger partial charge on any atom is 0.476 e. The highest BCUT2D eigenvalue weighted by atomic mass is 32.5. The number of nitrogens with one attached hydrogen (secondary N) is 1. The molecular weight excluding hydrogens is 493 g/mol. The summed E-state index contributed by atoms with van der Waals surface area (Å²) in [6.07, 6.45) is -0.721. The molecule has 0 radical (unpaired) electrons. The highest BCUT2D eigenvalue weighted by Gasteiger charge is 2.42. The van der Waals surface area contributed by atoms with Crippen LogP contribution in [0.25, 0.3) is 0 Å². The van der Waals surface area contributed by atoms with E-state index in [2.05, 4.69) is 25.4 Å². The second kappa shape index (κ2) is 9.17. The van der Waals surface area contributed by atoms with Crippen molar-refractivity contribution >= 4 is 44.9 Å². The molecule has 0 spiro atoms. The molecule has 1 aliphatic rings. The van der Waals surface area contributed by atoms with Gasteiger partial charge in [0.05, 0.1) is 12.2 Å². The first kappa shape index (κ1) is 25.2. The van der Waals surface area contributed by atoms with Crippen molar-refractivity contribution in [1.82, 2.24) is 9.55 Å². The summed E-state index contributed by atoms with van der Waals surface area (Å²) < 4.78 is 31.6. The van der Waals surface area contributed by atoms with Crippen LogP contribution < -0.4 is 11.2 Å². The number of rotatable bonds is 8. The third kappa shape index (κ3) is 7.22. The summed E-state index contributed by atoms with van der Waals surface area (Å²) >= 11 is 9.18. The summed E-state index contributed by atoms with van der Waals surface area (Å²) in [7, 11) is -5.21. The van der Waals surface area contributed by atoms with Gasteiger partial charge >= 0.3 is 26.9 Å². The molecule has 5 N–H and O–H groups in total. The molecule has 0 bridgehead atoms. The van der Waals surface area contributed by atoms with Crippen LogP contribution in [0.5, 0.6) is 0 Å². The van der Waals surface area contributed by atoms with Gasteiger partial charge < -0.3 is 28.8 Å². The fourth-order valence-electron chi connectivity index (χ4n) is 2.61. The maximum atomic E-state index is 12.1. The molecular formula is C11H19N2O11P3S2. The molecule has 0 saturated carbocycles. The Labute approximate surface area is 174 Å². The van der Waals surface area contributed by atoms with E-state index >= 15 is 0 Å². The largest absolute Gasteiger partial charge is 0.476 e. The Kier molecular flexibility index (Phi) is 7.96. The lowest BCUT2D eigenvalue weighted by molar-refractivity contribution is -0.0194.